The molecule has 0 atom stereocenters. The molecule has 1 nitrogen and oxygen atoms in total. The van der Waals surface area contributed by atoms with Gasteiger partial charge in [0.15, 0.2) is 0 Å². The topological polar surface area (TPSA) is 0 Å². The van der Waals surface area contributed by atoms with Gasteiger partial charge in [-0.1, -0.05) is 30.3 Å². The molecule has 96 valence electrons. The molecule has 0 bridgehead atoms. The monoisotopic (exact) mass is 261 g/mol. The molecule has 18 heavy (non-hydrogen) atoms. The van der Waals surface area contributed by atoms with Crippen molar-refractivity contribution >= 4 is 0 Å². The second-order valence-corrected chi connectivity index (χ2v) is 4.43. The van der Waals surface area contributed by atoms with Gasteiger partial charge in [-0.3, -0.25) is 0 Å². The van der Waals surface area contributed by atoms with Crippen LogP contribution in [0.2, 0.25) is 0 Å². The number of hydrogen-bond acceptors (Lipinski definition) is 0. The Morgan fingerprint density at radius 1 is 0.944 bits per heavy atom. The van der Waals surface area contributed by atoms with E-state index < -0.39 is 0 Å². The fraction of sp³-hybridized carbons (Fsp3) is 0.375. The van der Waals surface area contributed by atoms with Gasteiger partial charge in [-0.05, 0) is 25.7 Å². The maximum absolute atomic E-state index is 3.17. The van der Waals surface area contributed by atoms with Gasteiger partial charge in [-0.15, -0.1) is 11.8 Å². The van der Waals surface area contributed by atoms with Gasteiger partial charge in [0.1, 0.15) is 19.6 Å². The lowest BCUT2D eigenvalue weighted by Gasteiger charge is -2.30. The average molecular weight is 262 g/mol. The molecule has 1 aromatic rings. The van der Waals surface area contributed by atoms with Crippen molar-refractivity contribution < 1.29 is 16.9 Å². The Morgan fingerprint density at radius 2 is 1.44 bits per heavy atom. The molecule has 0 aliphatic carbocycles. The number of benzene rings is 1. The minimum Gasteiger partial charge on any atom is -1.00 e. The third-order valence-electron chi connectivity index (χ3n) is 2.68. The van der Waals surface area contributed by atoms with E-state index in [9.17, 15) is 0 Å². The van der Waals surface area contributed by atoms with Gasteiger partial charge >= 0.3 is 0 Å². The zero-order chi connectivity index (χ0) is 12.6. The smallest absolute Gasteiger partial charge is 0.141 e. The summed E-state index contributed by atoms with van der Waals surface area (Å²) in [6, 6.07) is 10.5. The van der Waals surface area contributed by atoms with Crippen molar-refractivity contribution in [2.45, 2.75) is 20.4 Å². The molecule has 0 heterocycles. The SMILES string of the molecule is CC#CC[N+](C)(CC#CC)Cc1ccccc1.[Cl-]. The number of rotatable bonds is 4. The highest BCUT2D eigenvalue weighted by Gasteiger charge is 2.19. The first-order valence-corrected chi connectivity index (χ1v) is 5.87. The summed E-state index contributed by atoms with van der Waals surface area (Å²) in [7, 11) is 2.21. The highest BCUT2D eigenvalue weighted by atomic mass is 35.5. The van der Waals surface area contributed by atoms with E-state index in [4.69, 9.17) is 0 Å². The Bertz CT molecular complexity index is 435. The standard InChI is InChI=1S/C16H20N.ClH/c1-4-6-13-17(3,14-7-5-2)15-16-11-9-8-10-12-16;/h8-12H,13-15H2,1-3H3;1H/q+1;/p-1. The quantitative estimate of drug-likeness (QED) is 0.515. The van der Waals surface area contributed by atoms with Crippen LogP contribution in [-0.4, -0.2) is 24.6 Å². The zero-order valence-electron chi connectivity index (χ0n) is 11.3. The van der Waals surface area contributed by atoms with Gasteiger partial charge in [0, 0.05) is 5.56 Å². The number of halogens is 1. The van der Waals surface area contributed by atoms with Crippen molar-refractivity contribution in [3.63, 3.8) is 0 Å². The van der Waals surface area contributed by atoms with Gasteiger partial charge < -0.3 is 16.9 Å². The van der Waals surface area contributed by atoms with Gasteiger partial charge in [0.25, 0.3) is 0 Å². The van der Waals surface area contributed by atoms with E-state index in [1.54, 1.807) is 0 Å². The number of quaternary nitrogens is 1. The van der Waals surface area contributed by atoms with Crippen LogP contribution in [-0.2, 0) is 6.54 Å². The first-order valence-electron chi connectivity index (χ1n) is 5.87. The minimum atomic E-state index is 0. The number of nitrogens with zero attached hydrogens (tertiary/aromatic N) is 1. The van der Waals surface area contributed by atoms with E-state index in [-0.39, 0.29) is 12.4 Å². The van der Waals surface area contributed by atoms with Crippen molar-refractivity contribution in [1.29, 1.82) is 0 Å². The Balaban J connectivity index is 0.00000289. The molecular weight excluding hydrogens is 242 g/mol. The molecule has 0 fully saturated rings. The lowest BCUT2D eigenvalue weighted by molar-refractivity contribution is -0.909. The molecule has 0 saturated carbocycles. The Morgan fingerprint density at radius 3 is 1.89 bits per heavy atom. The molecule has 0 amide bonds. The summed E-state index contributed by atoms with van der Waals surface area (Å²) in [4.78, 5) is 0. The predicted octanol–water partition coefficient (Wildman–Crippen LogP) is -0.316. The molecule has 0 aromatic heterocycles. The highest BCUT2D eigenvalue weighted by Crippen LogP contribution is 2.10. The normalized spacial score (nSPS) is 9.28. The summed E-state index contributed by atoms with van der Waals surface area (Å²) in [5, 5.41) is 0. The molecule has 0 aliphatic heterocycles. The van der Waals surface area contributed by atoms with E-state index in [1.807, 2.05) is 19.9 Å². The zero-order valence-corrected chi connectivity index (χ0v) is 12.1. The van der Waals surface area contributed by atoms with Crippen molar-refractivity contribution in [2.75, 3.05) is 20.1 Å². The van der Waals surface area contributed by atoms with Crippen molar-refractivity contribution in [3.8, 4) is 23.7 Å². The molecular formula is C16H20ClN. The van der Waals surface area contributed by atoms with Crippen LogP contribution in [0.15, 0.2) is 30.3 Å². The van der Waals surface area contributed by atoms with Crippen LogP contribution in [0.1, 0.15) is 19.4 Å². The molecule has 0 unspecified atom stereocenters. The Kier molecular flexibility index (Phi) is 7.97. The molecule has 0 spiro atoms. The first kappa shape index (κ1) is 16.6. The average Bonchev–Trinajstić information content (AvgIpc) is 2.35. The van der Waals surface area contributed by atoms with Gasteiger partial charge in [-0.2, -0.15) is 0 Å². The second kappa shape index (κ2) is 8.65. The summed E-state index contributed by atoms with van der Waals surface area (Å²) in [5.74, 6) is 12.3. The van der Waals surface area contributed by atoms with Crippen LogP contribution in [0.5, 0.6) is 0 Å². The third-order valence-corrected chi connectivity index (χ3v) is 2.68. The lowest BCUT2D eigenvalue weighted by Crippen LogP contribution is -3.00. The summed E-state index contributed by atoms with van der Waals surface area (Å²) in [5.41, 5.74) is 1.34. The maximum Gasteiger partial charge on any atom is 0.141 e. The summed E-state index contributed by atoms with van der Waals surface area (Å²) in [6.45, 7) is 6.45. The van der Waals surface area contributed by atoms with Crippen LogP contribution < -0.4 is 12.4 Å². The fourth-order valence-corrected chi connectivity index (χ4v) is 1.73. The third kappa shape index (κ3) is 5.78. The summed E-state index contributed by atoms with van der Waals surface area (Å²) < 4.78 is 0.853. The predicted molar refractivity (Wildman–Crippen MR) is 73.0 cm³/mol. The number of hydrogen-bond donors (Lipinski definition) is 0. The van der Waals surface area contributed by atoms with Gasteiger partial charge in [0.2, 0.25) is 0 Å². The summed E-state index contributed by atoms with van der Waals surface area (Å²) >= 11 is 0. The minimum absolute atomic E-state index is 0. The largest absolute Gasteiger partial charge is 1.00 e. The van der Waals surface area contributed by atoms with Crippen molar-refractivity contribution in [2.24, 2.45) is 0 Å². The van der Waals surface area contributed by atoms with Crippen LogP contribution in [0.3, 0.4) is 0 Å². The highest BCUT2D eigenvalue weighted by molar-refractivity contribution is 5.13. The van der Waals surface area contributed by atoms with Crippen LogP contribution in [0.4, 0.5) is 0 Å². The Hall–Kier alpha value is -1.41. The van der Waals surface area contributed by atoms with E-state index >= 15 is 0 Å². The van der Waals surface area contributed by atoms with Crippen LogP contribution in [0.25, 0.3) is 0 Å². The lowest BCUT2D eigenvalue weighted by atomic mass is 10.2. The molecule has 1 aromatic carbocycles. The molecule has 0 aliphatic rings. The second-order valence-electron chi connectivity index (χ2n) is 4.43. The van der Waals surface area contributed by atoms with E-state index in [2.05, 4.69) is 55.0 Å². The van der Waals surface area contributed by atoms with Crippen LogP contribution in [0, 0.1) is 23.7 Å². The Labute approximate surface area is 117 Å². The summed E-state index contributed by atoms with van der Waals surface area (Å²) in [6.07, 6.45) is 0. The molecule has 0 saturated heterocycles. The van der Waals surface area contributed by atoms with E-state index in [1.165, 1.54) is 5.56 Å². The molecule has 0 N–H and O–H groups in total. The maximum atomic E-state index is 3.17. The van der Waals surface area contributed by atoms with Gasteiger partial charge in [0.05, 0.1) is 7.05 Å². The van der Waals surface area contributed by atoms with E-state index in [0.29, 0.717) is 0 Å². The first-order chi connectivity index (χ1) is 8.20. The molecule has 0 radical (unpaired) electrons. The molecule has 2 heteroatoms. The molecule has 1 rings (SSSR count). The van der Waals surface area contributed by atoms with Crippen molar-refractivity contribution in [3.05, 3.63) is 35.9 Å². The van der Waals surface area contributed by atoms with Gasteiger partial charge in [-0.25, -0.2) is 0 Å². The van der Waals surface area contributed by atoms with Crippen LogP contribution >= 0.6 is 0 Å². The van der Waals surface area contributed by atoms with E-state index in [0.717, 1.165) is 24.1 Å². The fourth-order valence-electron chi connectivity index (χ4n) is 1.73. The van der Waals surface area contributed by atoms with Crippen molar-refractivity contribution in [1.82, 2.24) is 0 Å².